The standard InChI is InChI=1S/C22H23FN4O2/c23-17-8-4-7-16-20(28)12-18(26-21(16)17)22(29)25-14-19(15-6-5-9-24-13-15)27-10-2-1-3-11-27/h4-9,12-13,19H,1-3,10-11,14H2,(H,25,29)(H,26,28)/t19-/m1/s1. The number of halogens is 1. The molecule has 1 aliphatic heterocycles. The van der Waals surface area contributed by atoms with Crippen molar-refractivity contribution in [1.82, 2.24) is 20.2 Å². The number of likely N-dealkylation sites (tertiary alicyclic amines) is 1. The van der Waals surface area contributed by atoms with Crippen LogP contribution >= 0.6 is 0 Å². The van der Waals surface area contributed by atoms with Crippen molar-refractivity contribution in [3.8, 4) is 0 Å². The quantitative estimate of drug-likeness (QED) is 0.697. The van der Waals surface area contributed by atoms with E-state index in [0.717, 1.165) is 31.5 Å². The first-order chi connectivity index (χ1) is 14.1. The average Bonchev–Trinajstić information content (AvgIpc) is 2.76. The van der Waals surface area contributed by atoms with Crippen LogP contribution in [0.25, 0.3) is 10.9 Å². The van der Waals surface area contributed by atoms with Crippen LogP contribution in [-0.2, 0) is 0 Å². The van der Waals surface area contributed by atoms with Crippen molar-refractivity contribution in [1.29, 1.82) is 0 Å². The van der Waals surface area contributed by atoms with Gasteiger partial charge in [-0.15, -0.1) is 0 Å². The number of nitrogens with zero attached hydrogens (tertiary/aromatic N) is 2. The summed E-state index contributed by atoms with van der Waals surface area (Å²) in [6.45, 7) is 2.31. The molecular formula is C22H23FN4O2. The Morgan fingerprint density at radius 1 is 1.21 bits per heavy atom. The maximum Gasteiger partial charge on any atom is 0.267 e. The second kappa shape index (κ2) is 8.53. The van der Waals surface area contributed by atoms with Crippen LogP contribution in [0, 0.1) is 5.82 Å². The molecule has 0 saturated carbocycles. The van der Waals surface area contributed by atoms with E-state index in [0.29, 0.717) is 6.54 Å². The third kappa shape index (κ3) is 4.19. The summed E-state index contributed by atoms with van der Waals surface area (Å²) < 4.78 is 14.1. The molecule has 150 valence electrons. The topological polar surface area (TPSA) is 78.1 Å². The zero-order valence-corrected chi connectivity index (χ0v) is 16.0. The van der Waals surface area contributed by atoms with Gasteiger partial charge in [-0.3, -0.25) is 19.5 Å². The molecule has 7 heteroatoms. The number of rotatable bonds is 5. The number of amides is 1. The molecule has 6 nitrogen and oxygen atoms in total. The normalized spacial score (nSPS) is 15.9. The Morgan fingerprint density at radius 2 is 2.03 bits per heavy atom. The van der Waals surface area contributed by atoms with Gasteiger partial charge in [0.05, 0.1) is 11.6 Å². The lowest BCUT2D eigenvalue weighted by molar-refractivity contribution is 0.0919. The van der Waals surface area contributed by atoms with E-state index in [1.807, 2.05) is 18.3 Å². The molecule has 0 unspecified atom stereocenters. The Balaban J connectivity index is 1.56. The van der Waals surface area contributed by atoms with Gasteiger partial charge in [0.1, 0.15) is 11.5 Å². The number of benzene rings is 1. The molecule has 0 bridgehead atoms. The van der Waals surface area contributed by atoms with Crippen LogP contribution in [0.15, 0.2) is 53.6 Å². The highest BCUT2D eigenvalue weighted by Crippen LogP contribution is 2.23. The molecule has 1 aliphatic rings. The number of fused-ring (bicyclic) bond motifs is 1. The largest absolute Gasteiger partial charge is 0.349 e. The number of para-hydroxylation sites is 1. The lowest BCUT2D eigenvalue weighted by Crippen LogP contribution is -2.41. The summed E-state index contributed by atoms with van der Waals surface area (Å²) >= 11 is 0. The minimum atomic E-state index is -0.559. The summed E-state index contributed by atoms with van der Waals surface area (Å²) in [5.41, 5.74) is 0.747. The van der Waals surface area contributed by atoms with Gasteiger partial charge in [-0.1, -0.05) is 18.6 Å². The fraction of sp³-hybridized carbons (Fsp3) is 0.318. The van der Waals surface area contributed by atoms with Crippen molar-refractivity contribution in [2.75, 3.05) is 19.6 Å². The number of hydrogen-bond acceptors (Lipinski definition) is 4. The lowest BCUT2D eigenvalue weighted by Gasteiger charge is -2.34. The van der Waals surface area contributed by atoms with Crippen LogP contribution in [-0.4, -0.2) is 40.4 Å². The van der Waals surface area contributed by atoms with Gasteiger partial charge in [0, 0.05) is 30.4 Å². The van der Waals surface area contributed by atoms with E-state index in [-0.39, 0.29) is 28.1 Å². The fourth-order valence-corrected chi connectivity index (χ4v) is 3.90. The fourth-order valence-electron chi connectivity index (χ4n) is 3.90. The number of piperidine rings is 1. The number of H-pyrrole nitrogens is 1. The predicted octanol–water partition coefficient (Wildman–Crippen LogP) is 3.02. The summed E-state index contributed by atoms with van der Waals surface area (Å²) in [6.07, 6.45) is 7.01. The molecule has 1 atom stereocenters. The summed E-state index contributed by atoms with van der Waals surface area (Å²) in [4.78, 5) is 34.3. The van der Waals surface area contributed by atoms with E-state index in [9.17, 15) is 14.0 Å². The van der Waals surface area contributed by atoms with E-state index in [1.165, 1.54) is 30.7 Å². The molecular weight excluding hydrogens is 371 g/mol. The second-order valence-electron chi connectivity index (χ2n) is 7.32. The van der Waals surface area contributed by atoms with Crippen molar-refractivity contribution >= 4 is 16.8 Å². The Morgan fingerprint density at radius 3 is 2.79 bits per heavy atom. The maximum absolute atomic E-state index is 14.1. The molecule has 3 heterocycles. The molecule has 1 aromatic carbocycles. The smallest absolute Gasteiger partial charge is 0.267 e. The summed E-state index contributed by atoms with van der Waals surface area (Å²) in [7, 11) is 0. The highest BCUT2D eigenvalue weighted by Gasteiger charge is 2.23. The number of aromatic nitrogens is 2. The van der Waals surface area contributed by atoms with Crippen LogP contribution in [0.4, 0.5) is 4.39 Å². The van der Waals surface area contributed by atoms with Gasteiger partial charge in [-0.2, -0.15) is 0 Å². The molecule has 3 aromatic rings. The van der Waals surface area contributed by atoms with Gasteiger partial charge < -0.3 is 10.3 Å². The molecule has 2 N–H and O–H groups in total. The zero-order valence-electron chi connectivity index (χ0n) is 16.0. The van der Waals surface area contributed by atoms with Gasteiger partial charge in [0.2, 0.25) is 0 Å². The molecule has 0 radical (unpaired) electrons. The van der Waals surface area contributed by atoms with E-state index >= 15 is 0 Å². The van der Waals surface area contributed by atoms with Crippen molar-refractivity contribution < 1.29 is 9.18 Å². The van der Waals surface area contributed by atoms with Crippen LogP contribution < -0.4 is 10.7 Å². The SMILES string of the molecule is O=C(NC[C@H](c1cccnc1)N1CCCCC1)c1cc(=O)c2cccc(F)c2[nH]1. The number of pyridine rings is 2. The van der Waals surface area contributed by atoms with E-state index in [1.54, 1.807) is 6.20 Å². The van der Waals surface area contributed by atoms with Gasteiger partial charge in [-0.25, -0.2) is 4.39 Å². The summed E-state index contributed by atoms with van der Waals surface area (Å²) in [5, 5.41) is 3.13. The first-order valence-electron chi connectivity index (χ1n) is 9.87. The number of hydrogen-bond donors (Lipinski definition) is 2. The van der Waals surface area contributed by atoms with E-state index in [2.05, 4.69) is 20.2 Å². The third-order valence-corrected chi connectivity index (χ3v) is 5.42. The van der Waals surface area contributed by atoms with Gasteiger partial charge in [-0.05, 0) is 49.7 Å². The van der Waals surface area contributed by atoms with Crippen molar-refractivity contribution in [3.63, 3.8) is 0 Å². The maximum atomic E-state index is 14.1. The molecule has 29 heavy (non-hydrogen) atoms. The Hall–Kier alpha value is -3.06. The molecule has 4 rings (SSSR count). The predicted molar refractivity (Wildman–Crippen MR) is 109 cm³/mol. The van der Waals surface area contributed by atoms with E-state index < -0.39 is 11.7 Å². The van der Waals surface area contributed by atoms with Crippen LogP contribution in [0.3, 0.4) is 0 Å². The molecule has 0 spiro atoms. The van der Waals surface area contributed by atoms with Crippen molar-refractivity contribution in [2.45, 2.75) is 25.3 Å². The highest BCUT2D eigenvalue weighted by molar-refractivity contribution is 5.94. The van der Waals surface area contributed by atoms with Crippen LogP contribution in [0.1, 0.15) is 41.4 Å². The summed E-state index contributed by atoms with van der Waals surface area (Å²) in [5.74, 6) is -0.992. The first kappa shape index (κ1) is 19.3. The first-order valence-corrected chi connectivity index (χ1v) is 9.87. The minimum Gasteiger partial charge on any atom is -0.349 e. The lowest BCUT2D eigenvalue weighted by atomic mass is 10.0. The average molecular weight is 394 g/mol. The van der Waals surface area contributed by atoms with Gasteiger partial charge in [0.25, 0.3) is 5.91 Å². The molecule has 0 aliphatic carbocycles. The molecule has 1 amide bonds. The van der Waals surface area contributed by atoms with Crippen molar-refractivity contribution in [2.24, 2.45) is 0 Å². The number of nitrogens with one attached hydrogen (secondary N) is 2. The van der Waals surface area contributed by atoms with Crippen LogP contribution in [0.5, 0.6) is 0 Å². The minimum absolute atomic E-state index is 0.00290. The number of carbonyl (C=O) groups excluding carboxylic acids is 1. The zero-order chi connectivity index (χ0) is 20.2. The Labute approximate surface area is 167 Å². The van der Waals surface area contributed by atoms with Crippen molar-refractivity contribution in [3.05, 3.63) is 76.1 Å². The highest BCUT2D eigenvalue weighted by atomic mass is 19.1. The molecule has 2 aromatic heterocycles. The summed E-state index contributed by atoms with van der Waals surface area (Å²) in [6, 6.07) is 9.38. The monoisotopic (exact) mass is 394 g/mol. The van der Waals surface area contributed by atoms with E-state index in [4.69, 9.17) is 0 Å². The second-order valence-corrected chi connectivity index (χ2v) is 7.32. The Bertz CT molecular complexity index is 1060. The Kier molecular flexibility index (Phi) is 5.67. The number of carbonyl (C=O) groups is 1. The van der Waals surface area contributed by atoms with Gasteiger partial charge >= 0.3 is 0 Å². The molecule has 1 fully saturated rings. The van der Waals surface area contributed by atoms with Gasteiger partial charge in [0.15, 0.2) is 5.43 Å². The van der Waals surface area contributed by atoms with Crippen LogP contribution in [0.2, 0.25) is 0 Å². The third-order valence-electron chi connectivity index (χ3n) is 5.42. The number of aromatic amines is 1. The molecule has 1 saturated heterocycles.